The number of hydrogen-bond donors (Lipinski definition) is 1. The lowest BCUT2D eigenvalue weighted by Crippen LogP contribution is -2.00. The maximum Gasteiger partial charge on any atom is 0.0548 e. The molecule has 0 bridgehead atoms. The molecule has 0 amide bonds. The third-order valence-electron chi connectivity index (χ3n) is 2.59. The molecule has 1 nitrogen and oxygen atoms in total. The summed E-state index contributed by atoms with van der Waals surface area (Å²) in [5, 5.41) is 4.12. The van der Waals surface area contributed by atoms with Crippen LogP contribution in [-0.2, 0) is 6.54 Å². The molecule has 0 saturated carbocycles. The van der Waals surface area contributed by atoms with Crippen molar-refractivity contribution in [2.45, 2.75) is 13.5 Å². The smallest absolute Gasteiger partial charge is 0.0548 e. The Morgan fingerprint density at radius 2 is 1.83 bits per heavy atom. The van der Waals surface area contributed by atoms with Crippen LogP contribution in [0.3, 0.4) is 0 Å². The molecule has 0 atom stereocenters. The van der Waals surface area contributed by atoms with Crippen LogP contribution in [0.1, 0.15) is 11.1 Å². The first-order valence-corrected chi connectivity index (χ1v) is 7.46. The normalized spacial score (nSPS) is 10.4. The van der Waals surface area contributed by atoms with Crippen molar-refractivity contribution in [2.75, 3.05) is 5.32 Å². The Labute approximate surface area is 129 Å². The van der Waals surface area contributed by atoms with Crippen molar-refractivity contribution in [1.29, 1.82) is 0 Å². The Bertz CT molecular complexity index is 570. The van der Waals surface area contributed by atoms with Gasteiger partial charge in [0.25, 0.3) is 0 Å². The van der Waals surface area contributed by atoms with E-state index in [0.29, 0.717) is 0 Å². The van der Waals surface area contributed by atoms with E-state index in [1.165, 1.54) is 11.1 Å². The van der Waals surface area contributed by atoms with Crippen LogP contribution in [0.4, 0.5) is 5.69 Å². The average Bonchev–Trinajstić information content (AvgIpc) is 2.32. The summed E-state index contributed by atoms with van der Waals surface area (Å²) >= 11 is 12.9. The molecule has 0 radical (unpaired) electrons. The van der Waals surface area contributed by atoms with Gasteiger partial charge in [0, 0.05) is 21.2 Å². The van der Waals surface area contributed by atoms with Gasteiger partial charge in [-0.1, -0.05) is 23.7 Å². The van der Waals surface area contributed by atoms with E-state index in [2.05, 4.69) is 62.3 Å². The first-order chi connectivity index (χ1) is 8.56. The number of nitrogens with one attached hydrogen (secondary N) is 1. The highest BCUT2D eigenvalue weighted by Crippen LogP contribution is 2.26. The maximum absolute atomic E-state index is 5.97. The van der Waals surface area contributed by atoms with Gasteiger partial charge >= 0.3 is 0 Å². The number of anilines is 1. The van der Waals surface area contributed by atoms with Crippen LogP contribution in [0.15, 0.2) is 45.3 Å². The summed E-state index contributed by atoms with van der Waals surface area (Å²) in [6, 6.07) is 12.2. The Balaban J connectivity index is 2.09. The quantitative estimate of drug-likeness (QED) is 0.701. The van der Waals surface area contributed by atoms with Gasteiger partial charge in [0.2, 0.25) is 0 Å². The van der Waals surface area contributed by atoms with Crippen molar-refractivity contribution in [1.82, 2.24) is 0 Å². The zero-order valence-corrected chi connectivity index (χ0v) is 13.7. The van der Waals surface area contributed by atoms with Crippen LogP contribution in [0.25, 0.3) is 0 Å². The first-order valence-electron chi connectivity index (χ1n) is 5.50. The van der Waals surface area contributed by atoms with Crippen molar-refractivity contribution in [2.24, 2.45) is 0 Å². The van der Waals surface area contributed by atoms with E-state index in [0.717, 1.165) is 26.2 Å². The van der Waals surface area contributed by atoms with Gasteiger partial charge in [-0.15, -0.1) is 0 Å². The van der Waals surface area contributed by atoms with Crippen LogP contribution in [0.5, 0.6) is 0 Å². The summed E-state index contributed by atoms with van der Waals surface area (Å²) < 4.78 is 2.00. The highest BCUT2D eigenvalue weighted by molar-refractivity contribution is 9.11. The Hall–Kier alpha value is -0.510. The number of halogens is 3. The molecular weight excluding hydrogens is 377 g/mol. The minimum atomic E-state index is 0.732. The minimum Gasteiger partial charge on any atom is -0.380 e. The van der Waals surface area contributed by atoms with Crippen LogP contribution in [0.2, 0.25) is 5.02 Å². The highest BCUT2D eigenvalue weighted by Gasteiger charge is 2.02. The van der Waals surface area contributed by atoms with Crippen molar-refractivity contribution < 1.29 is 0 Å². The highest BCUT2D eigenvalue weighted by atomic mass is 79.9. The molecule has 0 aromatic heterocycles. The van der Waals surface area contributed by atoms with Gasteiger partial charge in [0.05, 0.1) is 5.02 Å². The number of hydrogen-bond acceptors (Lipinski definition) is 1. The summed E-state index contributed by atoms with van der Waals surface area (Å²) in [6.07, 6.45) is 0. The fourth-order valence-electron chi connectivity index (χ4n) is 1.61. The average molecular weight is 390 g/mol. The molecule has 2 rings (SSSR count). The van der Waals surface area contributed by atoms with Crippen LogP contribution >= 0.6 is 43.5 Å². The first kappa shape index (κ1) is 13.9. The molecule has 0 aliphatic heterocycles. The van der Waals surface area contributed by atoms with Crippen LogP contribution in [-0.4, -0.2) is 0 Å². The lowest BCUT2D eigenvalue weighted by atomic mass is 10.2. The van der Waals surface area contributed by atoms with E-state index in [1.54, 1.807) is 0 Å². The topological polar surface area (TPSA) is 12.0 Å². The van der Waals surface area contributed by atoms with Crippen LogP contribution in [0, 0.1) is 6.92 Å². The van der Waals surface area contributed by atoms with Gasteiger partial charge in [-0.25, -0.2) is 0 Å². The molecule has 1 N–H and O–H groups in total. The monoisotopic (exact) mass is 387 g/mol. The molecule has 0 saturated heterocycles. The maximum atomic E-state index is 5.97. The van der Waals surface area contributed by atoms with E-state index in [9.17, 15) is 0 Å². The van der Waals surface area contributed by atoms with Crippen molar-refractivity contribution in [3.8, 4) is 0 Å². The van der Waals surface area contributed by atoms with E-state index in [1.807, 2.05) is 18.2 Å². The third-order valence-corrected chi connectivity index (χ3v) is 4.46. The second-order valence-corrected chi connectivity index (χ2v) is 6.20. The zero-order chi connectivity index (χ0) is 13.1. The minimum absolute atomic E-state index is 0.732. The van der Waals surface area contributed by atoms with Crippen LogP contribution < -0.4 is 5.32 Å². The predicted octanol–water partition coefficient (Wildman–Crippen LogP) is 5.79. The largest absolute Gasteiger partial charge is 0.380 e. The Kier molecular flexibility index (Phi) is 4.71. The van der Waals surface area contributed by atoms with Crippen molar-refractivity contribution in [3.05, 3.63) is 61.5 Å². The van der Waals surface area contributed by atoms with E-state index in [-0.39, 0.29) is 0 Å². The molecule has 0 heterocycles. The molecule has 94 valence electrons. The number of aryl methyl sites for hydroxylation is 1. The lowest BCUT2D eigenvalue weighted by molar-refractivity contribution is 1.14. The lowest BCUT2D eigenvalue weighted by Gasteiger charge is -2.10. The number of benzene rings is 2. The molecule has 0 spiro atoms. The zero-order valence-electron chi connectivity index (χ0n) is 9.81. The summed E-state index contributed by atoms with van der Waals surface area (Å²) in [6.45, 7) is 2.84. The molecule has 0 unspecified atom stereocenters. The van der Waals surface area contributed by atoms with Gasteiger partial charge < -0.3 is 5.32 Å². The summed E-state index contributed by atoms with van der Waals surface area (Å²) in [7, 11) is 0. The second kappa shape index (κ2) is 6.09. The standard InChI is InChI=1S/C14H12Br2ClN/c1-9-2-5-14(12(16)6-9)18-8-10-3-4-13(17)11(15)7-10/h2-7,18H,8H2,1H3. The fraction of sp³-hybridized carbons (Fsp3) is 0.143. The molecule has 18 heavy (non-hydrogen) atoms. The molecule has 2 aromatic rings. The molecule has 0 aliphatic rings. The fourth-order valence-corrected chi connectivity index (χ4v) is 2.79. The molecule has 2 aromatic carbocycles. The molecule has 0 aliphatic carbocycles. The van der Waals surface area contributed by atoms with Gasteiger partial charge in [-0.2, -0.15) is 0 Å². The second-order valence-electron chi connectivity index (χ2n) is 4.09. The molecular formula is C14H12Br2ClN. The SMILES string of the molecule is Cc1ccc(NCc2ccc(Cl)c(Br)c2)c(Br)c1. The van der Waals surface area contributed by atoms with E-state index >= 15 is 0 Å². The van der Waals surface area contributed by atoms with Crippen molar-refractivity contribution in [3.63, 3.8) is 0 Å². The Morgan fingerprint density at radius 3 is 2.50 bits per heavy atom. The number of rotatable bonds is 3. The summed E-state index contributed by atoms with van der Waals surface area (Å²) in [5.41, 5.74) is 3.51. The third kappa shape index (κ3) is 3.50. The van der Waals surface area contributed by atoms with E-state index < -0.39 is 0 Å². The van der Waals surface area contributed by atoms with Gasteiger partial charge in [-0.3, -0.25) is 0 Å². The van der Waals surface area contributed by atoms with Gasteiger partial charge in [-0.05, 0) is 74.2 Å². The molecule has 4 heteroatoms. The van der Waals surface area contributed by atoms with Crippen molar-refractivity contribution >= 4 is 49.1 Å². The summed E-state index contributed by atoms with van der Waals surface area (Å²) in [4.78, 5) is 0. The van der Waals surface area contributed by atoms with Gasteiger partial charge in [0.1, 0.15) is 0 Å². The Morgan fingerprint density at radius 1 is 1.06 bits per heavy atom. The summed E-state index contributed by atoms with van der Waals surface area (Å²) in [5.74, 6) is 0. The molecule has 0 fully saturated rings. The van der Waals surface area contributed by atoms with Gasteiger partial charge in [0.15, 0.2) is 0 Å². The predicted molar refractivity (Wildman–Crippen MR) is 85.4 cm³/mol. The van der Waals surface area contributed by atoms with E-state index in [4.69, 9.17) is 11.6 Å².